The maximum absolute atomic E-state index is 11.8. The summed E-state index contributed by atoms with van der Waals surface area (Å²) < 4.78 is 21.5. The second-order valence-corrected chi connectivity index (χ2v) is 5.91. The Morgan fingerprint density at radius 1 is 1.32 bits per heavy atom. The highest BCUT2D eigenvalue weighted by Crippen LogP contribution is 2.08. The van der Waals surface area contributed by atoms with Crippen LogP contribution >= 0.6 is 0 Å². The van der Waals surface area contributed by atoms with Gasteiger partial charge in [0, 0.05) is 22.8 Å². The lowest BCUT2D eigenvalue weighted by molar-refractivity contribution is 0.0177. The molecule has 0 bridgehead atoms. The SMILES string of the molecule is CC(C)OCCOC(=O)c1cccc(CS(C)=O)c1. The van der Waals surface area contributed by atoms with Crippen LogP contribution in [0.15, 0.2) is 24.3 Å². The lowest BCUT2D eigenvalue weighted by Gasteiger charge is -2.08. The minimum absolute atomic E-state index is 0.126. The number of benzene rings is 1. The van der Waals surface area contributed by atoms with Gasteiger partial charge in [0.2, 0.25) is 0 Å². The van der Waals surface area contributed by atoms with Crippen LogP contribution in [0.5, 0.6) is 0 Å². The molecule has 0 N–H and O–H groups in total. The van der Waals surface area contributed by atoms with Gasteiger partial charge in [-0.05, 0) is 31.5 Å². The molecule has 19 heavy (non-hydrogen) atoms. The molecule has 0 radical (unpaired) electrons. The van der Waals surface area contributed by atoms with E-state index >= 15 is 0 Å². The van der Waals surface area contributed by atoms with E-state index in [9.17, 15) is 9.00 Å². The standard InChI is InChI=1S/C14H20O4S/c1-11(2)17-7-8-18-14(15)13-6-4-5-12(9-13)10-19(3)16/h4-6,9,11H,7-8,10H2,1-3H3. The number of carbonyl (C=O) groups excluding carboxylic acids is 1. The van der Waals surface area contributed by atoms with E-state index in [0.29, 0.717) is 17.9 Å². The first-order chi connectivity index (χ1) is 8.99. The first kappa shape index (κ1) is 15.9. The van der Waals surface area contributed by atoms with Crippen LogP contribution in [0.4, 0.5) is 0 Å². The van der Waals surface area contributed by atoms with Crippen molar-refractivity contribution >= 4 is 16.8 Å². The topological polar surface area (TPSA) is 52.6 Å². The number of ether oxygens (including phenoxy) is 2. The van der Waals surface area contributed by atoms with Crippen molar-refractivity contribution in [3.8, 4) is 0 Å². The molecule has 4 nitrogen and oxygen atoms in total. The van der Waals surface area contributed by atoms with Crippen molar-refractivity contribution in [1.82, 2.24) is 0 Å². The molecule has 0 aromatic heterocycles. The predicted octanol–water partition coefficient (Wildman–Crippen LogP) is 2.15. The van der Waals surface area contributed by atoms with Crippen LogP contribution in [0, 0.1) is 0 Å². The van der Waals surface area contributed by atoms with Crippen molar-refractivity contribution in [2.45, 2.75) is 25.7 Å². The molecule has 0 amide bonds. The zero-order chi connectivity index (χ0) is 14.3. The zero-order valence-electron chi connectivity index (χ0n) is 11.5. The second kappa shape index (κ2) is 8.07. The highest BCUT2D eigenvalue weighted by Gasteiger charge is 2.08. The van der Waals surface area contributed by atoms with E-state index in [2.05, 4.69) is 0 Å². The lowest BCUT2D eigenvalue weighted by atomic mass is 10.1. The van der Waals surface area contributed by atoms with E-state index < -0.39 is 10.8 Å². The first-order valence-electron chi connectivity index (χ1n) is 6.16. The molecule has 0 aliphatic heterocycles. The Morgan fingerprint density at radius 2 is 2.05 bits per heavy atom. The summed E-state index contributed by atoms with van der Waals surface area (Å²) in [5, 5.41) is 0. The summed E-state index contributed by atoms with van der Waals surface area (Å²) in [6.45, 7) is 4.48. The van der Waals surface area contributed by atoms with Gasteiger partial charge < -0.3 is 9.47 Å². The van der Waals surface area contributed by atoms with Gasteiger partial charge in [-0.25, -0.2) is 4.79 Å². The minimum Gasteiger partial charge on any atom is -0.460 e. The molecule has 5 heteroatoms. The molecular formula is C14H20O4S. The number of carbonyl (C=O) groups is 1. The maximum atomic E-state index is 11.8. The smallest absolute Gasteiger partial charge is 0.338 e. The summed E-state index contributed by atoms with van der Waals surface area (Å²) in [5.74, 6) is 0.0634. The third kappa shape index (κ3) is 6.50. The average Bonchev–Trinajstić information content (AvgIpc) is 2.33. The van der Waals surface area contributed by atoms with Crippen LogP contribution in [0.25, 0.3) is 0 Å². The summed E-state index contributed by atoms with van der Waals surface area (Å²) in [4.78, 5) is 11.8. The van der Waals surface area contributed by atoms with Crippen molar-refractivity contribution in [1.29, 1.82) is 0 Å². The van der Waals surface area contributed by atoms with E-state index in [1.165, 1.54) is 0 Å². The third-order valence-corrected chi connectivity index (χ3v) is 3.04. The van der Waals surface area contributed by atoms with E-state index in [0.717, 1.165) is 5.56 Å². The molecule has 0 heterocycles. The van der Waals surface area contributed by atoms with Crippen LogP contribution < -0.4 is 0 Å². The van der Waals surface area contributed by atoms with E-state index in [4.69, 9.17) is 9.47 Å². The molecule has 0 fully saturated rings. The monoisotopic (exact) mass is 284 g/mol. The molecule has 106 valence electrons. The van der Waals surface area contributed by atoms with Gasteiger partial charge in [-0.3, -0.25) is 4.21 Å². The molecule has 0 aliphatic rings. The highest BCUT2D eigenvalue weighted by molar-refractivity contribution is 7.83. The predicted molar refractivity (Wildman–Crippen MR) is 75.6 cm³/mol. The Labute approximate surface area is 116 Å². The van der Waals surface area contributed by atoms with Crippen molar-refractivity contribution in [2.24, 2.45) is 0 Å². The van der Waals surface area contributed by atoms with Gasteiger partial charge in [0.05, 0.1) is 18.3 Å². The average molecular weight is 284 g/mol. The summed E-state index contributed by atoms with van der Waals surface area (Å²) in [6.07, 6.45) is 1.76. The Balaban J connectivity index is 2.50. The highest BCUT2D eigenvalue weighted by atomic mass is 32.2. The summed E-state index contributed by atoms with van der Waals surface area (Å²) >= 11 is 0. The van der Waals surface area contributed by atoms with Gasteiger partial charge in [0.15, 0.2) is 0 Å². The van der Waals surface area contributed by atoms with Crippen LogP contribution in [0.2, 0.25) is 0 Å². The zero-order valence-corrected chi connectivity index (χ0v) is 12.4. The van der Waals surface area contributed by atoms with E-state index in [-0.39, 0.29) is 18.7 Å². The summed E-state index contributed by atoms with van der Waals surface area (Å²) in [5.41, 5.74) is 1.35. The van der Waals surface area contributed by atoms with Crippen LogP contribution in [-0.4, -0.2) is 35.8 Å². The number of rotatable bonds is 7. The number of hydrogen-bond donors (Lipinski definition) is 0. The lowest BCUT2D eigenvalue weighted by Crippen LogP contribution is -2.13. The summed E-state index contributed by atoms with van der Waals surface area (Å²) in [7, 11) is -0.922. The molecule has 1 aromatic rings. The van der Waals surface area contributed by atoms with Crippen LogP contribution in [0.3, 0.4) is 0 Å². The third-order valence-electron chi connectivity index (χ3n) is 2.30. The van der Waals surface area contributed by atoms with E-state index in [1.54, 1.807) is 24.5 Å². The molecule has 0 saturated carbocycles. The summed E-state index contributed by atoms with van der Waals surface area (Å²) in [6, 6.07) is 7.02. The Bertz CT molecular complexity index is 443. The van der Waals surface area contributed by atoms with Crippen molar-refractivity contribution in [3.05, 3.63) is 35.4 Å². The van der Waals surface area contributed by atoms with Gasteiger partial charge in [-0.15, -0.1) is 0 Å². The molecule has 1 unspecified atom stereocenters. The Morgan fingerprint density at radius 3 is 2.68 bits per heavy atom. The van der Waals surface area contributed by atoms with Gasteiger partial charge in [-0.1, -0.05) is 12.1 Å². The van der Waals surface area contributed by atoms with Gasteiger partial charge in [0.25, 0.3) is 0 Å². The normalized spacial score (nSPS) is 12.4. The second-order valence-electron chi connectivity index (χ2n) is 4.47. The van der Waals surface area contributed by atoms with E-state index in [1.807, 2.05) is 19.9 Å². The molecule has 0 spiro atoms. The van der Waals surface area contributed by atoms with Gasteiger partial charge in [0.1, 0.15) is 6.61 Å². The fourth-order valence-corrected chi connectivity index (χ4v) is 2.17. The largest absolute Gasteiger partial charge is 0.460 e. The quantitative estimate of drug-likeness (QED) is 0.568. The first-order valence-corrected chi connectivity index (χ1v) is 7.89. The number of hydrogen-bond acceptors (Lipinski definition) is 4. The van der Waals surface area contributed by atoms with Gasteiger partial charge >= 0.3 is 5.97 Å². The Kier molecular flexibility index (Phi) is 6.73. The molecular weight excluding hydrogens is 264 g/mol. The van der Waals surface area contributed by atoms with Gasteiger partial charge in [-0.2, -0.15) is 0 Å². The van der Waals surface area contributed by atoms with Crippen LogP contribution in [-0.2, 0) is 26.0 Å². The molecule has 1 rings (SSSR count). The minimum atomic E-state index is -0.922. The molecule has 0 aliphatic carbocycles. The van der Waals surface area contributed by atoms with Crippen LogP contribution in [0.1, 0.15) is 29.8 Å². The van der Waals surface area contributed by atoms with Crippen molar-refractivity contribution < 1.29 is 18.5 Å². The molecule has 1 atom stereocenters. The number of esters is 1. The fraction of sp³-hybridized carbons (Fsp3) is 0.500. The van der Waals surface area contributed by atoms with Crippen molar-refractivity contribution in [3.63, 3.8) is 0 Å². The fourth-order valence-electron chi connectivity index (χ4n) is 1.52. The Hall–Kier alpha value is -1.20. The maximum Gasteiger partial charge on any atom is 0.338 e. The van der Waals surface area contributed by atoms with Crippen molar-refractivity contribution in [2.75, 3.05) is 19.5 Å². The molecule has 1 aromatic carbocycles. The molecule has 0 saturated heterocycles.